The monoisotopic (exact) mass is 327 g/mol. The summed E-state index contributed by atoms with van der Waals surface area (Å²) in [7, 11) is 0. The second-order valence-electron chi connectivity index (χ2n) is 5.13. The number of carbonyl (C=O) groups is 2. The van der Waals surface area contributed by atoms with E-state index in [0.717, 1.165) is 0 Å². The molecule has 1 amide bonds. The maximum atomic E-state index is 11.9. The number of carboxylic acids is 1. The molecule has 1 aliphatic heterocycles. The van der Waals surface area contributed by atoms with Crippen LogP contribution in [-0.2, 0) is 9.59 Å². The minimum atomic E-state index is -0.826. The fraction of sp³-hybridized carbons (Fsp3) is 0.333. The Balaban J connectivity index is 1.93. The van der Waals surface area contributed by atoms with Gasteiger partial charge in [-0.05, 0) is 29.8 Å². The van der Waals surface area contributed by atoms with Crippen LogP contribution in [0.25, 0.3) is 6.08 Å². The van der Waals surface area contributed by atoms with Gasteiger partial charge in [-0.15, -0.1) is 0 Å². The molecule has 21 heavy (non-hydrogen) atoms. The van der Waals surface area contributed by atoms with Crippen molar-refractivity contribution >= 4 is 41.2 Å². The molecule has 1 aromatic rings. The van der Waals surface area contributed by atoms with Gasteiger partial charge in [0.1, 0.15) is 0 Å². The highest BCUT2D eigenvalue weighted by Crippen LogP contribution is 2.25. The van der Waals surface area contributed by atoms with Crippen LogP contribution in [0.2, 0.25) is 10.0 Å². The summed E-state index contributed by atoms with van der Waals surface area (Å²) in [4.78, 5) is 24.4. The first-order valence-corrected chi connectivity index (χ1v) is 7.29. The molecule has 112 valence electrons. The molecule has 4 nitrogen and oxygen atoms in total. The van der Waals surface area contributed by atoms with Crippen molar-refractivity contribution in [2.45, 2.75) is 6.92 Å². The van der Waals surface area contributed by atoms with Gasteiger partial charge < -0.3 is 10.0 Å². The van der Waals surface area contributed by atoms with Crippen molar-refractivity contribution in [3.05, 3.63) is 39.9 Å². The number of likely N-dealkylation sites (tertiary alicyclic amines) is 1. The molecule has 1 aliphatic rings. The first-order valence-electron chi connectivity index (χ1n) is 6.53. The topological polar surface area (TPSA) is 57.6 Å². The molecule has 1 N–H and O–H groups in total. The predicted molar refractivity (Wildman–Crippen MR) is 82.4 cm³/mol. The number of hydrogen-bond donors (Lipinski definition) is 1. The molecule has 1 fully saturated rings. The van der Waals surface area contributed by atoms with Crippen LogP contribution < -0.4 is 0 Å². The van der Waals surface area contributed by atoms with E-state index in [1.165, 1.54) is 6.08 Å². The summed E-state index contributed by atoms with van der Waals surface area (Å²) in [5.41, 5.74) is 0.675. The number of nitrogens with zero attached hydrogens (tertiary/aromatic N) is 1. The number of amides is 1. The Morgan fingerprint density at radius 2 is 2.05 bits per heavy atom. The molecule has 1 unspecified atom stereocenters. The third-order valence-electron chi connectivity index (χ3n) is 3.68. The van der Waals surface area contributed by atoms with E-state index in [4.69, 9.17) is 28.3 Å². The van der Waals surface area contributed by atoms with Gasteiger partial charge in [-0.3, -0.25) is 9.59 Å². The van der Waals surface area contributed by atoms with Crippen molar-refractivity contribution in [2.75, 3.05) is 13.1 Å². The Bertz CT molecular complexity index is 595. The Morgan fingerprint density at radius 1 is 1.38 bits per heavy atom. The van der Waals surface area contributed by atoms with Crippen LogP contribution in [0.5, 0.6) is 0 Å². The smallest absolute Gasteiger partial charge is 0.306 e. The quantitative estimate of drug-likeness (QED) is 0.864. The number of halogens is 2. The van der Waals surface area contributed by atoms with Crippen LogP contribution in [0.4, 0.5) is 0 Å². The van der Waals surface area contributed by atoms with Gasteiger partial charge in [-0.2, -0.15) is 0 Å². The van der Waals surface area contributed by atoms with Crippen LogP contribution >= 0.6 is 23.2 Å². The van der Waals surface area contributed by atoms with Crippen molar-refractivity contribution in [1.82, 2.24) is 4.90 Å². The summed E-state index contributed by atoms with van der Waals surface area (Å²) >= 11 is 11.9. The first kappa shape index (κ1) is 15.9. The fourth-order valence-corrected chi connectivity index (χ4v) is 2.48. The normalized spacial score (nSPS) is 16.8. The molecule has 0 aliphatic carbocycles. The van der Waals surface area contributed by atoms with Gasteiger partial charge >= 0.3 is 5.97 Å². The lowest BCUT2D eigenvalue weighted by molar-refractivity contribution is -0.148. The van der Waals surface area contributed by atoms with Crippen LogP contribution in [-0.4, -0.2) is 35.0 Å². The van der Waals surface area contributed by atoms with E-state index in [9.17, 15) is 9.59 Å². The molecule has 2 rings (SSSR count). The van der Waals surface area contributed by atoms with Gasteiger partial charge in [-0.1, -0.05) is 30.1 Å². The van der Waals surface area contributed by atoms with Crippen molar-refractivity contribution < 1.29 is 14.7 Å². The summed E-state index contributed by atoms with van der Waals surface area (Å²) in [6.45, 7) is 2.61. The second kappa shape index (κ2) is 6.50. The Labute approximate surface area is 133 Å². The zero-order valence-electron chi connectivity index (χ0n) is 11.4. The number of carboxylic acid groups (broad SMARTS) is 1. The van der Waals surface area contributed by atoms with Gasteiger partial charge in [0.15, 0.2) is 0 Å². The number of hydrogen-bond acceptors (Lipinski definition) is 2. The zero-order chi connectivity index (χ0) is 15.6. The summed E-state index contributed by atoms with van der Waals surface area (Å²) in [5, 5.41) is 9.97. The number of carbonyl (C=O) groups excluding carboxylic acids is 1. The number of rotatable bonds is 4. The summed E-state index contributed by atoms with van der Waals surface area (Å²) in [5.74, 6) is -1.39. The minimum absolute atomic E-state index is 0.0228. The lowest BCUT2D eigenvalue weighted by Crippen LogP contribution is -2.53. The first-order chi connectivity index (χ1) is 9.88. The van der Waals surface area contributed by atoms with E-state index in [1.54, 1.807) is 36.1 Å². The van der Waals surface area contributed by atoms with Gasteiger partial charge in [-0.25, -0.2) is 0 Å². The molecule has 0 radical (unpaired) electrons. The number of aliphatic carboxylic acids is 1. The molecule has 1 atom stereocenters. The Hall–Kier alpha value is -1.52. The molecule has 0 spiro atoms. The molecular weight excluding hydrogens is 313 g/mol. The SMILES string of the molecule is CC(C(=O)O)C1CN(C(=O)/C=C/c2cc(Cl)ccc2Cl)C1. The lowest BCUT2D eigenvalue weighted by atomic mass is 9.87. The Morgan fingerprint density at radius 3 is 2.67 bits per heavy atom. The van der Waals surface area contributed by atoms with Gasteiger partial charge in [0.2, 0.25) is 5.91 Å². The lowest BCUT2D eigenvalue weighted by Gasteiger charge is -2.40. The summed E-state index contributed by atoms with van der Waals surface area (Å²) < 4.78 is 0. The Kier molecular flexibility index (Phi) is 4.91. The van der Waals surface area contributed by atoms with E-state index in [1.807, 2.05) is 0 Å². The third-order valence-corrected chi connectivity index (χ3v) is 4.26. The van der Waals surface area contributed by atoms with Crippen molar-refractivity contribution in [2.24, 2.45) is 11.8 Å². The predicted octanol–water partition coefficient (Wildman–Crippen LogP) is 3.19. The van der Waals surface area contributed by atoms with E-state index in [2.05, 4.69) is 0 Å². The minimum Gasteiger partial charge on any atom is -0.481 e. The largest absolute Gasteiger partial charge is 0.481 e. The fourth-order valence-electron chi connectivity index (χ4n) is 2.12. The van der Waals surface area contributed by atoms with Crippen LogP contribution in [0.1, 0.15) is 12.5 Å². The maximum absolute atomic E-state index is 11.9. The maximum Gasteiger partial charge on any atom is 0.306 e. The third kappa shape index (κ3) is 3.77. The van der Waals surface area contributed by atoms with Crippen LogP contribution in [0, 0.1) is 11.8 Å². The van der Waals surface area contributed by atoms with E-state index in [-0.39, 0.29) is 11.8 Å². The van der Waals surface area contributed by atoms with Gasteiger partial charge in [0.05, 0.1) is 5.92 Å². The highest BCUT2D eigenvalue weighted by Gasteiger charge is 2.36. The second-order valence-corrected chi connectivity index (χ2v) is 5.97. The van der Waals surface area contributed by atoms with E-state index in [0.29, 0.717) is 28.7 Å². The molecule has 0 bridgehead atoms. The number of benzene rings is 1. The molecule has 0 saturated carbocycles. The molecule has 6 heteroatoms. The average molecular weight is 328 g/mol. The summed E-state index contributed by atoms with van der Waals surface area (Å²) in [6, 6.07) is 5.03. The molecule has 1 aromatic carbocycles. The highest BCUT2D eigenvalue weighted by molar-refractivity contribution is 6.34. The summed E-state index contributed by atoms with van der Waals surface area (Å²) in [6.07, 6.45) is 3.05. The van der Waals surface area contributed by atoms with Crippen LogP contribution in [0.3, 0.4) is 0 Å². The van der Waals surface area contributed by atoms with Crippen molar-refractivity contribution in [3.63, 3.8) is 0 Å². The van der Waals surface area contributed by atoms with Gasteiger partial charge in [0, 0.05) is 35.1 Å². The molecular formula is C15H15Cl2NO3. The molecule has 0 aromatic heterocycles. The van der Waals surface area contributed by atoms with Gasteiger partial charge in [0.25, 0.3) is 0 Å². The van der Waals surface area contributed by atoms with Crippen molar-refractivity contribution in [3.8, 4) is 0 Å². The standard InChI is InChI=1S/C15H15Cl2NO3/c1-9(15(20)21)11-7-18(8-11)14(19)5-2-10-6-12(16)3-4-13(10)17/h2-6,9,11H,7-8H2,1H3,(H,20,21)/b5-2+. The zero-order valence-corrected chi connectivity index (χ0v) is 12.9. The average Bonchev–Trinajstić information content (AvgIpc) is 2.37. The van der Waals surface area contributed by atoms with Crippen LogP contribution in [0.15, 0.2) is 24.3 Å². The van der Waals surface area contributed by atoms with E-state index >= 15 is 0 Å². The van der Waals surface area contributed by atoms with Crippen molar-refractivity contribution in [1.29, 1.82) is 0 Å². The highest BCUT2D eigenvalue weighted by atomic mass is 35.5. The molecule has 1 saturated heterocycles. The molecule has 1 heterocycles. The van der Waals surface area contributed by atoms with E-state index < -0.39 is 11.9 Å².